The lowest BCUT2D eigenvalue weighted by Crippen LogP contribution is -2.38. The molecule has 1 saturated heterocycles. The zero-order valence-electron chi connectivity index (χ0n) is 24.4. The zero-order chi connectivity index (χ0) is 32.8. The van der Waals surface area contributed by atoms with Crippen LogP contribution in [0.25, 0.3) is 5.65 Å². The number of halogens is 7. The number of imidazole rings is 1. The van der Waals surface area contributed by atoms with Gasteiger partial charge in [0.1, 0.15) is 6.04 Å². The number of hydrogen-bond donors (Lipinski definition) is 2. The summed E-state index contributed by atoms with van der Waals surface area (Å²) in [6.45, 7) is 1.85. The summed E-state index contributed by atoms with van der Waals surface area (Å²) in [4.78, 5) is 28.2. The number of alkyl halides is 7. The van der Waals surface area contributed by atoms with Crippen LogP contribution < -0.4 is 10.6 Å². The van der Waals surface area contributed by atoms with E-state index < -0.39 is 42.3 Å². The Balaban J connectivity index is 0.000000269. The minimum Gasteiger partial charge on any atom is -0.428 e. The molecule has 3 aromatic rings. The first-order valence-electron chi connectivity index (χ1n) is 14.6. The molecule has 45 heavy (non-hydrogen) atoms. The number of nitrogens with one attached hydrogen (secondary N) is 2. The molecule has 3 fully saturated rings. The van der Waals surface area contributed by atoms with Crippen LogP contribution in [-0.2, 0) is 22.6 Å². The Hall–Kier alpha value is -3.79. The summed E-state index contributed by atoms with van der Waals surface area (Å²) in [5.41, 5.74) is 1.50. The molecule has 0 radical (unpaired) electrons. The van der Waals surface area contributed by atoms with Gasteiger partial charge in [0.05, 0.1) is 24.6 Å². The smallest absolute Gasteiger partial charge is 0.408 e. The molecule has 0 aromatic carbocycles. The van der Waals surface area contributed by atoms with Crippen molar-refractivity contribution in [2.24, 2.45) is 17.8 Å². The summed E-state index contributed by atoms with van der Waals surface area (Å²) in [5.74, 6) is -4.12. The molecule has 6 rings (SSSR count). The van der Waals surface area contributed by atoms with Gasteiger partial charge in [0.25, 0.3) is 0 Å². The van der Waals surface area contributed by atoms with E-state index in [1.807, 2.05) is 5.32 Å². The molecule has 2 N–H and O–H groups in total. The van der Waals surface area contributed by atoms with Crippen molar-refractivity contribution in [1.29, 1.82) is 0 Å². The highest BCUT2D eigenvalue weighted by atomic mass is 19.4. The third-order valence-electron chi connectivity index (χ3n) is 7.75. The van der Waals surface area contributed by atoms with E-state index in [9.17, 15) is 40.3 Å². The van der Waals surface area contributed by atoms with Crippen LogP contribution in [0.1, 0.15) is 68.5 Å². The van der Waals surface area contributed by atoms with Crippen molar-refractivity contribution in [2.75, 3.05) is 0 Å². The average Bonchev–Trinajstić information content (AvgIpc) is 3.25. The van der Waals surface area contributed by atoms with E-state index in [-0.39, 0.29) is 50.5 Å². The number of rotatable bonds is 7. The molecule has 1 aliphatic heterocycles. The van der Waals surface area contributed by atoms with E-state index in [4.69, 9.17) is 0 Å². The van der Waals surface area contributed by atoms with Crippen LogP contribution in [-0.4, -0.2) is 61.2 Å². The van der Waals surface area contributed by atoms with Crippen molar-refractivity contribution >= 4 is 17.5 Å². The molecule has 0 spiro atoms. The van der Waals surface area contributed by atoms with Crippen molar-refractivity contribution in [3.05, 3.63) is 42.0 Å². The van der Waals surface area contributed by atoms with Crippen LogP contribution >= 0.6 is 0 Å². The van der Waals surface area contributed by atoms with Crippen LogP contribution in [0, 0.1) is 24.7 Å². The zero-order valence-corrected chi connectivity index (χ0v) is 24.4. The van der Waals surface area contributed by atoms with Crippen LogP contribution in [0.2, 0.25) is 0 Å². The molecule has 3 aliphatic rings. The second-order valence-electron chi connectivity index (χ2n) is 11.5. The number of hydrogen-bond acceptors (Lipinski definition) is 7. The summed E-state index contributed by atoms with van der Waals surface area (Å²) in [6.07, 6.45) is 0.0741. The Morgan fingerprint density at radius 2 is 1.93 bits per heavy atom. The summed E-state index contributed by atoms with van der Waals surface area (Å²) >= 11 is 0. The van der Waals surface area contributed by atoms with Gasteiger partial charge < -0.3 is 15.1 Å². The molecule has 4 atom stereocenters. The quantitative estimate of drug-likeness (QED) is 0.337. The van der Waals surface area contributed by atoms with Gasteiger partial charge in [-0.3, -0.25) is 9.59 Å². The van der Waals surface area contributed by atoms with Gasteiger partial charge in [0.15, 0.2) is 5.65 Å². The maximum Gasteiger partial charge on any atom is 0.408 e. The lowest BCUT2D eigenvalue weighted by Gasteiger charge is -2.20. The molecule has 2 saturated carbocycles. The highest BCUT2D eigenvalue weighted by Gasteiger charge is 2.47. The molecular weight excluding hydrogens is 615 g/mol. The highest BCUT2D eigenvalue weighted by Crippen LogP contribution is 2.42. The second-order valence-corrected chi connectivity index (χ2v) is 11.5. The first-order chi connectivity index (χ1) is 21.2. The Morgan fingerprint density at radius 3 is 2.47 bits per heavy atom. The molecule has 0 bridgehead atoms. The molecule has 2 amide bonds. The number of amides is 2. The van der Waals surface area contributed by atoms with Crippen molar-refractivity contribution < 1.29 is 44.7 Å². The third-order valence-corrected chi connectivity index (χ3v) is 7.75. The predicted octanol–water partition coefficient (Wildman–Crippen LogP) is 5.21. The largest absolute Gasteiger partial charge is 0.428 e. The van der Waals surface area contributed by atoms with Crippen LogP contribution in [0.3, 0.4) is 0 Å². The van der Waals surface area contributed by atoms with Crippen molar-refractivity contribution in [3.8, 4) is 0 Å². The predicted molar refractivity (Wildman–Crippen MR) is 144 cm³/mol. The van der Waals surface area contributed by atoms with E-state index in [0.29, 0.717) is 42.1 Å². The van der Waals surface area contributed by atoms with Gasteiger partial charge in [-0.1, -0.05) is 6.42 Å². The first kappa shape index (κ1) is 34.1. The second kappa shape index (κ2) is 14.5. The maximum absolute atomic E-state index is 12.8. The molecular formula is C28H34F7N7O3. The molecule has 17 heteroatoms. The lowest BCUT2D eigenvalue weighted by molar-refractivity contribution is -0.154. The monoisotopic (exact) mass is 649 g/mol. The number of aromatic nitrogens is 5. The third kappa shape index (κ3) is 10.4. The van der Waals surface area contributed by atoms with Gasteiger partial charge in [-0.25, -0.2) is 27.1 Å². The molecule has 2 aliphatic carbocycles. The Kier molecular flexibility index (Phi) is 11.0. The first-order valence-corrected chi connectivity index (χ1v) is 14.6. The van der Waals surface area contributed by atoms with Crippen molar-refractivity contribution in [3.63, 3.8) is 0 Å². The number of fused-ring (bicyclic) bond motifs is 1. The molecule has 248 valence electrons. The van der Waals surface area contributed by atoms with E-state index in [2.05, 4.69) is 30.0 Å². The fourth-order valence-electron chi connectivity index (χ4n) is 5.24. The summed E-state index contributed by atoms with van der Waals surface area (Å²) in [5, 5.41) is 15.7. The Bertz CT molecular complexity index is 1410. The van der Waals surface area contributed by atoms with Gasteiger partial charge in [-0.15, -0.1) is 10.2 Å². The minimum absolute atomic E-state index is 0.105. The SMILES string of the molecule is Cc1nnco1.FC1(F)CCCCC1.O=C1NC(C(F)(F)F)CC1Cc1cnn2cc(CNC(=O)C3CC3CC(F)F)nc2c1. The van der Waals surface area contributed by atoms with E-state index in [1.54, 1.807) is 19.2 Å². The Morgan fingerprint density at radius 1 is 1.20 bits per heavy atom. The fourth-order valence-corrected chi connectivity index (χ4v) is 5.24. The topological polar surface area (TPSA) is 127 Å². The van der Waals surface area contributed by atoms with E-state index in [1.165, 1.54) is 17.1 Å². The number of carbonyl (C=O) groups excluding carboxylic acids is 2. The molecule has 10 nitrogen and oxygen atoms in total. The highest BCUT2D eigenvalue weighted by molar-refractivity contribution is 5.82. The molecule has 3 aromatic heterocycles. The number of aryl methyl sites for hydroxylation is 1. The fraction of sp³-hybridized carbons (Fsp3) is 0.643. The summed E-state index contributed by atoms with van der Waals surface area (Å²) in [7, 11) is 0. The number of carbonyl (C=O) groups is 2. The van der Waals surface area contributed by atoms with Gasteiger partial charge in [0, 0.05) is 38.0 Å². The van der Waals surface area contributed by atoms with E-state index >= 15 is 0 Å². The van der Waals surface area contributed by atoms with E-state index in [0.717, 1.165) is 6.42 Å². The Labute approximate surface area is 253 Å². The lowest BCUT2D eigenvalue weighted by atomic mass is 9.97. The summed E-state index contributed by atoms with van der Waals surface area (Å²) in [6, 6.07) is -0.207. The normalized spacial score (nSPS) is 23.9. The minimum atomic E-state index is -4.48. The van der Waals surface area contributed by atoms with Gasteiger partial charge in [-0.05, 0) is 49.7 Å². The van der Waals surface area contributed by atoms with Crippen molar-refractivity contribution in [2.45, 2.75) is 95.8 Å². The standard InChI is InChI=1S/C19H20F5N5O2.C6H10F2.C3H4N2O/c20-15(21)5-10-3-13(10)18(31)25-7-12-8-29-16(27-12)2-9(6-26-29)1-11-4-14(19(22,23)24)28-17(11)30;7-6(8)4-2-1-3-5-6;1-3-5-4-2-6-3/h2,6,8,10-11,13-15H,1,3-5,7H2,(H,25,31)(H,28,30);1-5H2;2H,1H3. The number of nitrogens with zero attached hydrogens (tertiary/aromatic N) is 5. The van der Waals surface area contributed by atoms with Gasteiger partial charge in [0.2, 0.25) is 36.4 Å². The molecule has 4 heterocycles. The van der Waals surface area contributed by atoms with Crippen molar-refractivity contribution in [1.82, 2.24) is 35.4 Å². The average molecular weight is 650 g/mol. The molecule has 4 unspecified atom stereocenters. The van der Waals surface area contributed by atoms with Gasteiger partial charge >= 0.3 is 6.18 Å². The van der Waals surface area contributed by atoms with Crippen LogP contribution in [0.15, 0.2) is 29.3 Å². The van der Waals surface area contributed by atoms with Crippen LogP contribution in [0.4, 0.5) is 30.7 Å². The maximum atomic E-state index is 12.8. The summed E-state index contributed by atoms with van der Waals surface area (Å²) < 4.78 is 93.6. The van der Waals surface area contributed by atoms with Gasteiger partial charge in [-0.2, -0.15) is 18.3 Å². The van der Waals surface area contributed by atoms with Crippen LogP contribution in [0.5, 0.6) is 0 Å².